The molecule has 2 aromatic rings. The maximum atomic E-state index is 12.2. The molecule has 0 saturated carbocycles. The predicted molar refractivity (Wildman–Crippen MR) is 83.0 cm³/mol. The van der Waals surface area contributed by atoms with Crippen LogP contribution in [0.5, 0.6) is 5.75 Å². The van der Waals surface area contributed by atoms with E-state index in [1.165, 1.54) is 11.3 Å². The molecular weight excluding hydrogens is 294 g/mol. The number of carbonyl (C=O) groups is 1. The number of carbonyl (C=O) groups excluding carboxylic acids is 1. The van der Waals surface area contributed by atoms with E-state index < -0.39 is 0 Å². The van der Waals surface area contributed by atoms with Gasteiger partial charge in [-0.1, -0.05) is 17.7 Å². The zero-order valence-corrected chi connectivity index (χ0v) is 13.0. The molecule has 1 heterocycles. The number of benzene rings is 1. The summed E-state index contributed by atoms with van der Waals surface area (Å²) in [6, 6.07) is 9.18. The average molecular weight is 310 g/mol. The average Bonchev–Trinajstić information content (AvgIpc) is 2.84. The van der Waals surface area contributed by atoms with Crippen LogP contribution in [0.2, 0.25) is 5.02 Å². The summed E-state index contributed by atoms with van der Waals surface area (Å²) in [5, 5.41) is 2.57. The summed E-state index contributed by atoms with van der Waals surface area (Å²) in [5.74, 6) is 0.748. The van der Waals surface area contributed by atoms with Crippen molar-refractivity contribution in [3.05, 3.63) is 51.2 Å². The van der Waals surface area contributed by atoms with Crippen molar-refractivity contribution in [3.63, 3.8) is 0 Å². The molecule has 0 radical (unpaired) electrons. The van der Waals surface area contributed by atoms with Crippen molar-refractivity contribution in [2.24, 2.45) is 0 Å². The first kappa shape index (κ1) is 14.9. The molecule has 0 N–H and O–H groups in total. The highest BCUT2D eigenvalue weighted by Crippen LogP contribution is 2.18. The Morgan fingerprint density at radius 2 is 2.20 bits per heavy atom. The number of ether oxygens (including phenoxy) is 1. The quantitative estimate of drug-likeness (QED) is 0.839. The van der Waals surface area contributed by atoms with Crippen molar-refractivity contribution in [1.29, 1.82) is 0 Å². The number of halogens is 1. The second-order valence-corrected chi connectivity index (χ2v) is 5.82. The van der Waals surface area contributed by atoms with Crippen LogP contribution in [0.1, 0.15) is 15.2 Å². The maximum absolute atomic E-state index is 12.2. The van der Waals surface area contributed by atoms with Gasteiger partial charge in [0.05, 0.1) is 11.4 Å². The van der Waals surface area contributed by atoms with Crippen LogP contribution in [0.25, 0.3) is 0 Å². The smallest absolute Gasteiger partial charge is 0.264 e. The summed E-state index contributed by atoms with van der Waals surface area (Å²) in [5.41, 5.74) is 1.02. The van der Waals surface area contributed by atoms with Crippen LogP contribution in [-0.4, -0.2) is 31.0 Å². The van der Waals surface area contributed by atoms with E-state index in [0.717, 1.165) is 10.4 Å². The van der Waals surface area contributed by atoms with Gasteiger partial charge in [0.15, 0.2) is 0 Å². The summed E-state index contributed by atoms with van der Waals surface area (Å²) in [7, 11) is 1.78. The first-order valence-corrected chi connectivity index (χ1v) is 7.51. The van der Waals surface area contributed by atoms with Gasteiger partial charge in [0.2, 0.25) is 0 Å². The van der Waals surface area contributed by atoms with E-state index >= 15 is 0 Å². The van der Waals surface area contributed by atoms with Crippen LogP contribution in [0.4, 0.5) is 0 Å². The molecule has 1 aromatic carbocycles. The zero-order valence-electron chi connectivity index (χ0n) is 11.4. The Labute approximate surface area is 127 Å². The van der Waals surface area contributed by atoms with E-state index in [-0.39, 0.29) is 5.91 Å². The van der Waals surface area contributed by atoms with Crippen molar-refractivity contribution in [3.8, 4) is 5.75 Å². The summed E-state index contributed by atoms with van der Waals surface area (Å²) in [4.78, 5) is 14.6. The third-order valence-corrected chi connectivity index (χ3v) is 4.13. The Bertz CT molecular complexity index is 597. The molecule has 0 aliphatic heterocycles. The van der Waals surface area contributed by atoms with Crippen LogP contribution in [-0.2, 0) is 0 Å². The fourth-order valence-electron chi connectivity index (χ4n) is 1.72. The van der Waals surface area contributed by atoms with Crippen LogP contribution >= 0.6 is 22.9 Å². The molecule has 3 nitrogen and oxygen atoms in total. The summed E-state index contributed by atoms with van der Waals surface area (Å²) in [6.45, 7) is 2.91. The normalized spacial score (nSPS) is 10.3. The number of amides is 1. The number of hydrogen-bond donors (Lipinski definition) is 0. The first-order chi connectivity index (χ1) is 9.58. The van der Waals surface area contributed by atoms with Gasteiger partial charge in [-0.3, -0.25) is 4.79 Å². The van der Waals surface area contributed by atoms with Crippen LogP contribution < -0.4 is 4.74 Å². The Hall–Kier alpha value is -1.52. The monoisotopic (exact) mass is 309 g/mol. The SMILES string of the molecule is Cc1ccsc1C(=O)N(C)CCOc1cccc(Cl)c1. The minimum atomic E-state index is 0.0344. The summed E-state index contributed by atoms with van der Waals surface area (Å²) >= 11 is 7.35. The summed E-state index contributed by atoms with van der Waals surface area (Å²) in [6.07, 6.45) is 0. The second kappa shape index (κ2) is 6.77. The molecule has 20 heavy (non-hydrogen) atoms. The fraction of sp³-hybridized carbons (Fsp3) is 0.267. The molecule has 0 atom stereocenters. The van der Waals surface area contributed by atoms with Gasteiger partial charge >= 0.3 is 0 Å². The lowest BCUT2D eigenvalue weighted by Crippen LogP contribution is -2.30. The fourth-order valence-corrected chi connectivity index (χ4v) is 2.82. The lowest BCUT2D eigenvalue weighted by atomic mass is 10.3. The van der Waals surface area contributed by atoms with E-state index in [1.54, 1.807) is 24.1 Å². The Morgan fingerprint density at radius 3 is 2.85 bits per heavy atom. The van der Waals surface area contributed by atoms with Crippen LogP contribution in [0.15, 0.2) is 35.7 Å². The van der Waals surface area contributed by atoms with Gasteiger partial charge in [0.1, 0.15) is 12.4 Å². The molecule has 1 amide bonds. The molecule has 1 aromatic heterocycles. The molecule has 0 fully saturated rings. The Balaban J connectivity index is 1.85. The van der Waals surface area contributed by atoms with E-state index in [1.807, 2.05) is 30.5 Å². The Morgan fingerprint density at radius 1 is 1.40 bits per heavy atom. The van der Waals surface area contributed by atoms with Crippen molar-refractivity contribution in [2.75, 3.05) is 20.2 Å². The highest BCUT2D eigenvalue weighted by Gasteiger charge is 2.15. The van der Waals surface area contributed by atoms with Gasteiger partial charge in [-0.05, 0) is 42.1 Å². The van der Waals surface area contributed by atoms with Gasteiger partial charge < -0.3 is 9.64 Å². The van der Waals surface area contributed by atoms with E-state index in [0.29, 0.717) is 23.9 Å². The highest BCUT2D eigenvalue weighted by molar-refractivity contribution is 7.12. The zero-order chi connectivity index (χ0) is 14.5. The third kappa shape index (κ3) is 3.74. The lowest BCUT2D eigenvalue weighted by molar-refractivity contribution is 0.0778. The molecule has 0 unspecified atom stereocenters. The number of rotatable bonds is 5. The maximum Gasteiger partial charge on any atom is 0.264 e. The first-order valence-electron chi connectivity index (χ1n) is 6.26. The van der Waals surface area contributed by atoms with E-state index in [9.17, 15) is 4.79 Å². The lowest BCUT2D eigenvalue weighted by Gasteiger charge is -2.17. The van der Waals surface area contributed by atoms with Crippen molar-refractivity contribution >= 4 is 28.8 Å². The van der Waals surface area contributed by atoms with Crippen LogP contribution in [0, 0.1) is 6.92 Å². The molecule has 2 rings (SSSR count). The van der Waals surface area contributed by atoms with Gasteiger partial charge in [-0.15, -0.1) is 11.3 Å². The van der Waals surface area contributed by atoms with Crippen molar-refractivity contribution in [2.45, 2.75) is 6.92 Å². The topological polar surface area (TPSA) is 29.5 Å². The largest absolute Gasteiger partial charge is 0.492 e. The van der Waals surface area contributed by atoms with Gasteiger partial charge in [0, 0.05) is 12.1 Å². The number of hydrogen-bond acceptors (Lipinski definition) is 3. The highest BCUT2D eigenvalue weighted by atomic mass is 35.5. The molecule has 5 heteroatoms. The molecule has 0 bridgehead atoms. The number of nitrogens with zero attached hydrogens (tertiary/aromatic N) is 1. The molecular formula is C15H16ClNO2S. The predicted octanol–water partition coefficient (Wildman–Crippen LogP) is 3.86. The van der Waals surface area contributed by atoms with Crippen molar-refractivity contribution in [1.82, 2.24) is 4.90 Å². The standard InChI is InChI=1S/C15H16ClNO2S/c1-11-6-9-20-14(11)15(18)17(2)7-8-19-13-5-3-4-12(16)10-13/h3-6,9-10H,7-8H2,1-2H3. The van der Waals surface area contributed by atoms with E-state index in [2.05, 4.69) is 0 Å². The minimum Gasteiger partial charge on any atom is -0.492 e. The third-order valence-electron chi connectivity index (χ3n) is 2.89. The molecule has 0 spiro atoms. The summed E-state index contributed by atoms with van der Waals surface area (Å²) < 4.78 is 5.58. The van der Waals surface area contributed by atoms with Gasteiger partial charge in [-0.2, -0.15) is 0 Å². The molecule has 106 valence electrons. The Kier molecular flexibility index (Phi) is 5.04. The number of likely N-dealkylation sites (N-methyl/N-ethyl adjacent to an activating group) is 1. The van der Waals surface area contributed by atoms with E-state index in [4.69, 9.17) is 16.3 Å². The van der Waals surface area contributed by atoms with Gasteiger partial charge in [0.25, 0.3) is 5.91 Å². The molecule has 0 saturated heterocycles. The minimum absolute atomic E-state index is 0.0344. The van der Waals surface area contributed by atoms with Gasteiger partial charge in [-0.25, -0.2) is 0 Å². The van der Waals surface area contributed by atoms with Crippen LogP contribution in [0.3, 0.4) is 0 Å². The molecule has 0 aliphatic carbocycles. The number of aryl methyl sites for hydroxylation is 1. The number of thiophene rings is 1. The van der Waals surface area contributed by atoms with Crippen molar-refractivity contribution < 1.29 is 9.53 Å². The molecule has 0 aliphatic rings. The second-order valence-electron chi connectivity index (χ2n) is 4.47.